The predicted octanol–water partition coefficient (Wildman–Crippen LogP) is 3.66. The zero-order chi connectivity index (χ0) is 14.3. The summed E-state index contributed by atoms with van der Waals surface area (Å²) < 4.78 is 45.2. The lowest BCUT2D eigenvalue weighted by Gasteiger charge is -2.30. The zero-order valence-corrected chi connectivity index (χ0v) is 10.3. The quantitative estimate of drug-likeness (QED) is 0.863. The van der Waals surface area contributed by atoms with E-state index in [1.54, 1.807) is 0 Å². The van der Waals surface area contributed by atoms with Crippen LogP contribution in [0.1, 0.15) is 29.8 Å². The number of aliphatic hydroxyl groups excluding tert-OH is 1. The first-order valence-corrected chi connectivity index (χ1v) is 6.13. The minimum atomic E-state index is -0.865. The van der Waals surface area contributed by atoms with Crippen molar-refractivity contribution in [1.82, 2.24) is 0 Å². The Balaban J connectivity index is 1.98. The van der Waals surface area contributed by atoms with Crippen molar-refractivity contribution < 1.29 is 23.0 Å². The Bertz CT molecular complexity index is 637. The van der Waals surface area contributed by atoms with Crippen molar-refractivity contribution in [1.29, 1.82) is 0 Å². The Kier molecular flexibility index (Phi) is 3.14. The van der Waals surface area contributed by atoms with Crippen LogP contribution in [-0.4, -0.2) is 5.11 Å². The van der Waals surface area contributed by atoms with Gasteiger partial charge in [0.2, 0.25) is 0 Å². The molecule has 0 radical (unpaired) electrons. The maximum absolute atomic E-state index is 13.2. The normalized spacial score (nSPS) is 21.2. The fourth-order valence-corrected chi connectivity index (χ4v) is 2.38. The van der Waals surface area contributed by atoms with Gasteiger partial charge in [0.05, 0.1) is 6.10 Å². The number of halogens is 3. The van der Waals surface area contributed by atoms with E-state index in [0.29, 0.717) is 5.56 Å². The van der Waals surface area contributed by atoms with Crippen LogP contribution in [0.25, 0.3) is 0 Å². The average Bonchev–Trinajstić information content (AvgIpc) is 2.36. The molecule has 0 amide bonds. The van der Waals surface area contributed by atoms with Gasteiger partial charge in [0.1, 0.15) is 29.3 Å². The monoisotopic (exact) mass is 280 g/mol. The zero-order valence-electron chi connectivity index (χ0n) is 10.3. The number of ether oxygens (including phenoxy) is 1. The SMILES string of the molecule is O[C@H]1CC(c2cc(F)cc(F)c2)Oc2cc(F)ccc21. The highest BCUT2D eigenvalue weighted by Gasteiger charge is 2.28. The lowest BCUT2D eigenvalue weighted by Crippen LogP contribution is -2.19. The van der Waals surface area contributed by atoms with E-state index < -0.39 is 29.7 Å². The summed E-state index contributed by atoms with van der Waals surface area (Å²) >= 11 is 0. The van der Waals surface area contributed by atoms with Gasteiger partial charge in [-0.05, 0) is 29.8 Å². The van der Waals surface area contributed by atoms with Gasteiger partial charge in [0.15, 0.2) is 0 Å². The summed E-state index contributed by atoms with van der Waals surface area (Å²) in [4.78, 5) is 0. The number of fused-ring (bicyclic) bond motifs is 1. The van der Waals surface area contributed by atoms with Crippen molar-refractivity contribution in [3.05, 3.63) is 65.0 Å². The molecule has 2 aromatic carbocycles. The topological polar surface area (TPSA) is 29.5 Å². The van der Waals surface area contributed by atoms with Gasteiger partial charge in [0, 0.05) is 24.1 Å². The summed E-state index contributed by atoms with van der Waals surface area (Å²) in [5.74, 6) is -1.74. The third kappa shape index (κ3) is 2.36. The van der Waals surface area contributed by atoms with Gasteiger partial charge >= 0.3 is 0 Å². The van der Waals surface area contributed by atoms with Crippen molar-refractivity contribution in [2.75, 3.05) is 0 Å². The average molecular weight is 280 g/mol. The molecule has 1 aliphatic rings. The molecule has 0 saturated carbocycles. The number of hydrogen-bond acceptors (Lipinski definition) is 2. The molecule has 1 heterocycles. The fraction of sp³-hybridized carbons (Fsp3) is 0.200. The lowest BCUT2D eigenvalue weighted by atomic mass is 9.95. The number of rotatable bonds is 1. The van der Waals surface area contributed by atoms with Gasteiger partial charge in [-0.2, -0.15) is 0 Å². The first-order chi connectivity index (χ1) is 9.52. The third-order valence-corrected chi connectivity index (χ3v) is 3.30. The van der Waals surface area contributed by atoms with E-state index in [9.17, 15) is 18.3 Å². The number of hydrogen-bond donors (Lipinski definition) is 1. The van der Waals surface area contributed by atoms with Crippen molar-refractivity contribution in [3.8, 4) is 5.75 Å². The fourth-order valence-electron chi connectivity index (χ4n) is 2.38. The van der Waals surface area contributed by atoms with E-state index >= 15 is 0 Å². The van der Waals surface area contributed by atoms with Crippen molar-refractivity contribution in [2.24, 2.45) is 0 Å². The molecule has 0 aromatic heterocycles. The summed E-state index contributed by atoms with van der Waals surface area (Å²) in [5, 5.41) is 10.0. The Labute approximate surface area is 113 Å². The van der Waals surface area contributed by atoms with Crippen LogP contribution in [0.3, 0.4) is 0 Å². The summed E-state index contributed by atoms with van der Waals surface area (Å²) in [6.07, 6.45) is -1.43. The molecule has 2 atom stereocenters. The largest absolute Gasteiger partial charge is 0.485 e. The number of aliphatic hydroxyl groups is 1. The van der Waals surface area contributed by atoms with E-state index in [1.807, 2.05) is 0 Å². The maximum Gasteiger partial charge on any atom is 0.128 e. The second kappa shape index (κ2) is 4.83. The van der Waals surface area contributed by atoms with Gasteiger partial charge < -0.3 is 9.84 Å². The molecule has 0 fully saturated rings. The van der Waals surface area contributed by atoms with Crippen LogP contribution in [0.4, 0.5) is 13.2 Å². The van der Waals surface area contributed by atoms with Crippen molar-refractivity contribution in [3.63, 3.8) is 0 Å². The molecule has 5 heteroatoms. The van der Waals surface area contributed by atoms with Gasteiger partial charge in [-0.1, -0.05) is 0 Å². The van der Waals surface area contributed by atoms with Gasteiger partial charge in [-0.15, -0.1) is 0 Å². The maximum atomic E-state index is 13.2. The third-order valence-electron chi connectivity index (χ3n) is 3.30. The molecule has 1 N–H and O–H groups in total. The van der Waals surface area contributed by atoms with Crippen molar-refractivity contribution in [2.45, 2.75) is 18.6 Å². The van der Waals surface area contributed by atoms with Crippen LogP contribution in [0, 0.1) is 17.5 Å². The smallest absolute Gasteiger partial charge is 0.128 e. The second-order valence-corrected chi connectivity index (χ2v) is 4.74. The van der Waals surface area contributed by atoms with Gasteiger partial charge in [0.25, 0.3) is 0 Å². The second-order valence-electron chi connectivity index (χ2n) is 4.74. The molecule has 20 heavy (non-hydrogen) atoms. The first-order valence-electron chi connectivity index (χ1n) is 6.13. The van der Waals surface area contributed by atoms with E-state index in [2.05, 4.69) is 0 Å². The minimum Gasteiger partial charge on any atom is -0.485 e. The van der Waals surface area contributed by atoms with Crippen LogP contribution in [0.5, 0.6) is 5.75 Å². The molecule has 0 aliphatic carbocycles. The molecule has 0 saturated heterocycles. The predicted molar refractivity (Wildman–Crippen MR) is 65.7 cm³/mol. The molecular formula is C15H11F3O2. The molecule has 3 rings (SSSR count). The van der Waals surface area contributed by atoms with Gasteiger partial charge in [-0.25, -0.2) is 13.2 Å². The van der Waals surface area contributed by atoms with Crippen LogP contribution < -0.4 is 4.74 Å². The highest BCUT2D eigenvalue weighted by atomic mass is 19.1. The molecule has 1 unspecified atom stereocenters. The highest BCUT2D eigenvalue weighted by molar-refractivity contribution is 5.39. The number of benzene rings is 2. The van der Waals surface area contributed by atoms with E-state index in [4.69, 9.17) is 4.74 Å². The first kappa shape index (κ1) is 13.0. The van der Waals surface area contributed by atoms with Crippen LogP contribution in [-0.2, 0) is 0 Å². The molecule has 2 aromatic rings. The van der Waals surface area contributed by atoms with Crippen LogP contribution >= 0.6 is 0 Å². The van der Waals surface area contributed by atoms with E-state index in [1.165, 1.54) is 12.1 Å². The van der Waals surface area contributed by atoms with Crippen LogP contribution in [0.2, 0.25) is 0 Å². The van der Waals surface area contributed by atoms with E-state index in [-0.39, 0.29) is 17.7 Å². The Morgan fingerprint density at radius 1 is 0.950 bits per heavy atom. The molecule has 1 aliphatic heterocycles. The van der Waals surface area contributed by atoms with E-state index in [0.717, 1.165) is 24.3 Å². The molecule has 0 spiro atoms. The standard InChI is InChI=1S/C15H11F3O2/c16-9-1-2-12-13(19)7-14(20-15(12)6-9)8-3-10(17)5-11(18)4-8/h1-6,13-14,19H,7H2/t13-,14?/m0/s1. The van der Waals surface area contributed by atoms with Crippen LogP contribution in [0.15, 0.2) is 36.4 Å². The Morgan fingerprint density at radius 2 is 1.65 bits per heavy atom. The summed E-state index contributed by atoms with van der Waals surface area (Å²) in [6, 6.07) is 6.87. The molecule has 0 bridgehead atoms. The summed E-state index contributed by atoms with van der Waals surface area (Å²) in [7, 11) is 0. The minimum absolute atomic E-state index is 0.154. The summed E-state index contributed by atoms with van der Waals surface area (Å²) in [5.41, 5.74) is 0.746. The Hall–Kier alpha value is -2.01. The molecule has 2 nitrogen and oxygen atoms in total. The molecular weight excluding hydrogens is 269 g/mol. The Morgan fingerprint density at radius 3 is 2.35 bits per heavy atom. The molecule has 104 valence electrons. The lowest BCUT2D eigenvalue weighted by molar-refractivity contribution is 0.0650. The summed E-state index contributed by atoms with van der Waals surface area (Å²) in [6.45, 7) is 0. The highest BCUT2D eigenvalue weighted by Crippen LogP contribution is 2.41. The van der Waals surface area contributed by atoms with Crippen molar-refractivity contribution >= 4 is 0 Å². The van der Waals surface area contributed by atoms with Gasteiger partial charge in [-0.3, -0.25) is 0 Å².